The summed E-state index contributed by atoms with van der Waals surface area (Å²) in [6.45, 7) is 15.5. The van der Waals surface area contributed by atoms with Crippen LogP contribution in [0.15, 0.2) is 87.5 Å². The van der Waals surface area contributed by atoms with Crippen molar-refractivity contribution >= 4 is 21.0 Å². The van der Waals surface area contributed by atoms with Gasteiger partial charge in [0.25, 0.3) is 0 Å². The Bertz CT molecular complexity index is 1520. The van der Waals surface area contributed by atoms with Gasteiger partial charge in [0.1, 0.15) is 5.75 Å². The van der Waals surface area contributed by atoms with Gasteiger partial charge in [0, 0.05) is 12.0 Å². The second kappa shape index (κ2) is 11.8. The SMILES string of the molecule is CC1CC(C)(C)OC(C)(c2ccc([S+](c3ccc(OC(C)C(F)(F)S(=O)(=O)O)cc3)c3ccc(C(C)(C)C)cc3)cc2)O1. The Morgan fingerprint density at radius 3 is 1.81 bits per heavy atom. The van der Waals surface area contributed by atoms with E-state index in [0.29, 0.717) is 0 Å². The lowest BCUT2D eigenvalue weighted by molar-refractivity contribution is -0.339. The van der Waals surface area contributed by atoms with Gasteiger partial charge < -0.3 is 14.2 Å². The average molecular weight is 636 g/mol. The number of halogens is 2. The standard InChI is InChI=1S/C33H40F2O6S2/c1-22-21-31(6,7)41-32(8,40-22)25-11-17-28(18-12-25)42(27-15-9-24(10-16-27)30(3,4)5)29-19-13-26(14-20-29)39-23(2)33(34,35)43(36,37)38/h9-20,22-23H,21H2,1-8H3/p+1. The Morgan fingerprint density at radius 2 is 1.37 bits per heavy atom. The van der Waals surface area contributed by atoms with Crippen LogP contribution in [0.3, 0.4) is 0 Å². The third-order valence-electron chi connectivity index (χ3n) is 7.44. The molecule has 1 aliphatic heterocycles. The number of rotatable bonds is 8. The molecule has 1 saturated heterocycles. The largest absolute Gasteiger partial charge is 0.483 e. The van der Waals surface area contributed by atoms with Crippen LogP contribution >= 0.6 is 0 Å². The zero-order valence-corrected chi connectivity index (χ0v) is 27.5. The van der Waals surface area contributed by atoms with Gasteiger partial charge in [-0.25, -0.2) is 0 Å². The fourth-order valence-corrected chi connectivity index (χ4v) is 7.88. The van der Waals surface area contributed by atoms with Gasteiger partial charge in [0.2, 0.25) is 0 Å². The summed E-state index contributed by atoms with van der Waals surface area (Å²) in [6.07, 6.45) is -1.27. The number of hydrogen-bond acceptors (Lipinski definition) is 5. The molecule has 234 valence electrons. The van der Waals surface area contributed by atoms with Crippen LogP contribution in [0, 0.1) is 0 Å². The molecule has 4 unspecified atom stereocenters. The van der Waals surface area contributed by atoms with Crippen molar-refractivity contribution in [3.63, 3.8) is 0 Å². The minimum Gasteiger partial charge on any atom is -0.483 e. The Morgan fingerprint density at radius 1 is 0.907 bits per heavy atom. The highest BCUT2D eigenvalue weighted by molar-refractivity contribution is 7.97. The summed E-state index contributed by atoms with van der Waals surface area (Å²) in [7, 11) is -6.20. The lowest BCUT2D eigenvalue weighted by atomic mass is 9.87. The molecule has 1 heterocycles. The zero-order valence-electron chi connectivity index (χ0n) is 25.9. The van der Waals surface area contributed by atoms with E-state index >= 15 is 0 Å². The van der Waals surface area contributed by atoms with Crippen LogP contribution in [-0.2, 0) is 41.7 Å². The van der Waals surface area contributed by atoms with Crippen molar-refractivity contribution in [1.82, 2.24) is 0 Å². The van der Waals surface area contributed by atoms with Crippen LogP contribution < -0.4 is 4.74 Å². The predicted molar refractivity (Wildman–Crippen MR) is 164 cm³/mol. The first-order valence-electron chi connectivity index (χ1n) is 14.2. The Labute approximate surface area is 256 Å². The highest BCUT2D eigenvalue weighted by Crippen LogP contribution is 2.41. The molecule has 4 atom stereocenters. The van der Waals surface area contributed by atoms with Gasteiger partial charge in [-0.05, 0) is 106 Å². The molecule has 1 N–H and O–H groups in total. The zero-order chi connectivity index (χ0) is 32.0. The molecular weight excluding hydrogens is 594 g/mol. The Kier molecular flexibility index (Phi) is 9.15. The number of hydrogen-bond donors (Lipinski definition) is 1. The molecule has 0 aromatic heterocycles. The van der Waals surface area contributed by atoms with E-state index in [-0.39, 0.29) is 22.9 Å². The van der Waals surface area contributed by atoms with Gasteiger partial charge in [-0.15, -0.1) is 0 Å². The lowest BCUT2D eigenvalue weighted by Crippen LogP contribution is -2.48. The fraction of sp³-hybridized carbons (Fsp3) is 0.455. The summed E-state index contributed by atoms with van der Waals surface area (Å²) in [6, 6.07) is 23.2. The normalized spacial score (nSPS) is 22.5. The first-order chi connectivity index (χ1) is 19.7. The number of alkyl halides is 2. The van der Waals surface area contributed by atoms with E-state index in [9.17, 15) is 17.2 Å². The van der Waals surface area contributed by atoms with E-state index in [0.717, 1.165) is 33.6 Å². The highest BCUT2D eigenvalue weighted by Gasteiger charge is 2.51. The summed E-state index contributed by atoms with van der Waals surface area (Å²) < 4.78 is 77.1. The van der Waals surface area contributed by atoms with E-state index in [1.807, 2.05) is 26.0 Å². The average Bonchev–Trinajstić information content (AvgIpc) is 2.88. The van der Waals surface area contributed by atoms with E-state index in [4.69, 9.17) is 18.8 Å². The van der Waals surface area contributed by atoms with Crippen molar-refractivity contribution in [1.29, 1.82) is 0 Å². The van der Waals surface area contributed by atoms with Gasteiger partial charge in [0.15, 0.2) is 26.6 Å². The monoisotopic (exact) mass is 635 g/mol. The van der Waals surface area contributed by atoms with E-state index in [1.54, 1.807) is 12.1 Å². The molecule has 1 fully saturated rings. The fourth-order valence-electron chi connectivity index (χ4n) is 5.37. The van der Waals surface area contributed by atoms with Gasteiger partial charge in [0.05, 0.1) is 22.6 Å². The highest BCUT2D eigenvalue weighted by atomic mass is 32.2. The number of ether oxygens (including phenoxy) is 3. The summed E-state index contributed by atoms with van der Waals surface area (Å²) in [5.74, 6) is -0.843. The molecule has 6 nitrogen and oxygen atoms in total. The van der Waals surface area contributed by atoms with Crippen molar-refractivity contribution in [2.45, 2.75) is 111 Å². The lowest BCUT2D eigenvalue weighted by Gasteiger charge is -2.46. The van der Waals surface area contributed by atoms with Gasteiger partial charge in [-0.3, -0.25) is 4.55 Å². The smallest absolute Gasteiger partial charge is 0.405 e. The van der Waals surface area contributed by atoms with E-state index in [1.165, 1.54) is 17.7 Å². The maximum absolute atomic E-state index is 14.1. The van der Waals surface area contributed by atoms with Gasteiger partial charge in [-0.2, -0.15) is 17.2 Å². The van der Waals surface area contributed by atoms with E-state index < -0.39 is 38.2 Å². The minimum atomic E-state index is -5.63. The molecule has 0 saturated carbocycles. The van der Waals surface area contributed by atoms with Crippen molar-refractivity contribution in [3.05, 3.63) is 83.9 Å². The Hall–Kier alpha value is -2.50. The molecular formula is C33H41F2O6S2+. The maximum atomic E-state index is 14.1. The van der Waals surface area contributed by atoms with Crippen molar-refractivity contribution < 1.29 is 36.0 Å². The van der Waals surface area contributed by atoms with Crippen molar-refractivity contribution in [2.75, 3.05) is 0 Å². The van der Waals surface area contributed by atoms with Crippen molar-refractivity contribution in [2.24, 2.45) is 0 Å². The summed E-state index contributed by atoms with van der Waals surface area (Å²) in [4.78, 5) is 3.00. The van der Waals surface area contributed by atoms with Crippen LogP contribution in [0.5, 0.6) is 5.75 Å². The topological polar surface area (TPSA) is 82.1 Å². The van der Waals surface area contributed by atoms with Crippen LogP contribution in [0.25, 0.3) is 0 Å². The second-order valence-corrected chi connectivity index (χ2v) is 16.3. The minimum absolute atomic E-state index is 0.0149. The molecule has 10 heteroatoms. The maximum Gasteiger partial charge on any atom is 0.405 e. The molecule has 0 aliphatic carbocycles. The summed E-state index contributed by atoms with van der Waals surface area (Å²) >= 11 is 0. The summed E-state index contributed by atoms with van der Waals surface area (Å²) in [5.41, 5.74) is 1.75. The second-order valence-electron chi connectivity index (χ2n) is 12.8. The molecule has 43 heavy (non-hydrogen) atoms. The summed E-state index contributed by atoms with van der Waals surface area (Å²) in [5, 5.41) is -4.46. The molecule has 4 rings (SSSR count). The van der Waals surface area contributed by atoms with Crippen LogP contribution in [0.4, 0.5) is 8.78 Å². The first-order valence-corrected chi connectivity index (χ1v) is 16.8. The van der Waals surface area contributed by atoms with Crippen LogP contribution in [0.1, 0.15) is 72.9 Å². The molecule has 3 aromatic rings. The molecule has 0 radical (unpaired) electrons. The molecule has 0 amide bonds. The molecule has 1 aliphatic rings. The molecule has 0 spiro atoms. The predicted octanol–water partition coefficient (Wildman–Crippen LogP) is 8.10. The quantitative estimate of drug-likeness (QED) is 0.199. The van der Waals surface area contributed by atoms with Gasteiger partial charge >= 0.3 is 15.4 Å². The third kappa shape index (κ3) is 7.42. The van der Waals surface area contributed by atoms with Crippen LogP contribution in [-0.4, -0.2) is 36.0 Å². The first kappa shape index (κ1) is 33.4. The van der Waals surface area contributed by atoms with Gasteiger partial charge in [-0.1, -0.05) is 32.9 Å². The third-order valence-corrected chi connectivity index (χ3v) is 10.7. The van der Waals surface area contributed by atoms with Crippen LogP contribution in [0.2, 0.25) is 0 Å². The Balaban J connectivity index is 1.69. The molecule has 0 bridgehead atoms. The van der Waals surface area contributed by atoms with Crippen molar-refractivity contribution in [3.8, 4) is 5.75 Å². The molecule has 3 aromatic carbocycles. The number of benzene rings is 3. The van der Waals surface area contributed by atoms with E-state index in [2.05, 4.69) is 71.0 Å².